The first-order valence-corrected chi connectivity index (χ1v) is 12.2. The van der Waals surface area contributed by atoms with Gasteiger partial charge in [-0.15, -0.1) is 0 Å². The Hall–Kier alpha value is -2.62. The second-order valence-electron chi connectivity index (χ2n) is 9.09. The molecule has 1 aliphatic heterocycles. The van der Waals surface area contributed by atoms with Gasteiger partial charge in [0, 0.05) is 6.54 Å². The molecule has 0 aromatic heterocycles. The Morgan fingerprint density at radius 3 is 2.43 bits per heavy atom. The molecule has 1 aromatic rings. The topological polar surface area (TPSA) is 102 Å². The van der Waals surface area contributed by atoms with Gasteiger partial charge in [-0.2, -0.15) is 13.2 Å². The Morgan fingerprint density at radius 2 is 1.86 bits per heavy atom. The fourth-order valence-corrected chi connectivity index (χ4v) is 3.99. The Balaban J connectivity index is 2.06. The number of alkyl halides is 3. The number of nitrogens with two attached hydrogens (primary N) is 1. The van der Waals surface area contributed by atoms with Gasteiger partial charge in [0.1, 0.15) is 12.1 Å². The molecule has 0 radical (unpaired) electrons. The highest BCUT2D eigenvalue weighted by Gasteiger charge is 2.40. The SMILES string of the molecule is CCCCOC(=O)[C@H]1CCCN1C(=O)[C@@H](NC(=O)[C@H](N)Cc1ccc(C(F)(F)F)cc1)C(C)CC. The van der Waals surface area contributed by atoms with Crippen molar-refractivity contribution in [3.8, 4) is 0 Å². The molecule has 35 heavy (non-hydrogen) atoms. The van der Waals surface area contributed by atoms with Gasteiger partial charge < -0.3 is 20.7 Å². The van der Waals surface area contributed by atoms with Crippen LogP contribution in [0.15, 0.2) is 24.3 Å². The molecule has 1 saturated heterocycles. The van der Waals surface area contributed by atoms with Gasteiger partial charge in [0.15, 0.2) is 0 Å². The van der Waals surface area contributed by atoms with Crippen molar-refractivity contribution in [2.75, 3.05) is 13.2 Å². The molecule has 2 rings (SSSR count). The van der Waals surface area contributed by atoms with Crippen molar-refractivity contribution >= 4 is 17.8 Å². The summed E-state index contributed by atoms with van der Waals surface area (Å²) >= 11 is 0. The van der Waals surface area contributed by atoms with E-state index in [-0.39, 0.29) is 18.2 Å². The normalized spacial score (nSPS) is 18.6. The number of carbonyl (C=O) groups is 3. The molecule has 1 unspecified atom stereocenters. The summed E-state index contributed by atoms with van der Waals surface area (Å²) in [5, 5.41) is 2.72. The van der Waals surface area contributed by atoms with Crippen LogP contribution in [0.25, 0.3) is 0 Å². The summed E-state index contributed by atoms with van der Waals surface area (Å²) in [5.74, 6) is -1.59. The zero-order valence-electron chi connectivity index (χ0n) is 20.6. The zero-order valence-corrected chi connectivity index (χ0v) is 20.6. The van der Waals surface area contributed by atoms with Crippen LogP contribution in [0.1, 0.15) is 64.0 Å². The maximum atomic E-state index is 13.4. The zero-order chi connectivity index (χ0) is 26.2. The number of esters is 1. The summed E-state index contributed by atoms with van der Waals surface area (Å²) in [4.78, 5) is 40.2. The van der Waals surface area contributed by atoms with E-state index < -0.39 is 41.7 Å². The van der Waals surface area contributed by atoms with E-state index in [1.165, 1.54) is 17.0 Å². The number of likely N-dealkylation sites (tertiary alicyclic amines) is 1. The first-order chi connectivity index (χ1) is 16.5. The van der Waals surface area contributed by atoms with Crippen molar-refractivity contribution in [1.82, 2.24) is 10.2 Å². The van der Waals surface area contributed by atoms with Crippen LogP contribution in [0, 0.1) is 5.92 Å². The third-order valence-electron chi connectivity index (χ3n) is 6.40. The molecule has 2 amide bonds. The third kappa shape index (κ3) is 7.95. The van der Waals surface area contributed by atoms with Gasteiger partial charge in [0.2, 0.25) is 11.8 Å². The monoisotopic (exact) mass is 499 g/mol. The van der Waals surface area contributed by atoms with Gasteiger partial charge in [-0.25, -0.2) is 4.79 Å². The molecule has 0 aliphatic carbocycles. The second-order valence-corrected chi connectivity index (χ2v) is 9.09. The standard InChI is InChI=1S/C25H36F3N3O4/c1-4-6-14-35-24(34)20-8-7-13-31(20)23(33)21(16(3)5-2)30-22(32)19(29)15-17-9-11-18(12-10-17)25(26,27)28/h9-12,16,19-21H,4-8,13-15,29H2,1-3H3,(H,30,32)/t16?,19-,20-,21+/m1/s1. The van der Waals surface area contributed by atoms with Crippen LogP contribution in [0.3, 0.4) is 0 Å². The van der Waals surface area contributed by atoms with E-state index in [4.69, 9.17) is 10.5 Å². The summed E-state index contributed by atoms with van der Waals surface area (Å²) in [5.41, 5.74) is 5.72. The van der Waals surface area contributed by atoms with Crippen LogP contribution in [0.4, 0.5) is 13.2 Å². The molecule has 1 fully saturated rings. The molecule has 10 heteroatoms. The van der Waals surface area contributed by atoms with Crippen LogP contribution in [-0.4, -0.2) is 54.0 Å². The van der Waals surface area contributed by atoms with E-state index in [9.17, 15) is 27.6 Å². The van der Waals surface area contributed by atoms with E-state index in [0.29, 0.717) is 38.0 Å². The first-order valence-electron chi connectivity index (χ1n) is 12.2. The van der Waals surface area contributed by atoms with Crippen molar-refractivity contribution < 1.29 is 32.3 Å². The number of amides is 2. The van der Waals surface area contributed by atoms with Gasteiger partial charge >= 0.3 is 12.1 Å². The smallest absolute Gasteiger partial charge is 0.416 e. The number of benzene rings is 1. The van der Waals surface area contributed by atoms with Gasteiger partial charge in [0.05, 0.1) is 18.2 Å². The molecule has 1 aromatic carbocycles. The number of nitrogens with one attached hydrogen (secondary N) is 1. The van der Waals surface area contributed by atoms with E-state index >= 15 is 0 Å². The molecule has 0 spiro atoms. The lowest BCUT2D eigenvalue weighted by Gasteiger charge is -2.31. The molecule has 4 atom stereocenters. The quantitative estimate of drug-likeness (QED) is 0.359. The van der Waals surface area contributed by atoms with Crippen molar-refractivity contribution in [2.45, 2.75) is 83.6 Å². The summed E-state index contributed by atoms with van der Waals surface area (Å²) in [6.45, 7) is 6.40. The number of hydrogen-bond donors (Lipinski definition) is 2. The predicted octanol–water partition coefficient (Wildman–Crippen LogP) is 3.44. The summed E-state index contributed by atoms with van der Waals surface area (Å²) in [6, 6.07) is 1.84. The Morgan fingerprint density at radius 1 is 1.20 bits per heavy atom. The minimum atomic E-state index is -4.45. The van der Waals surface area contributed by atoms with Crippen LogP contribution in [-0.2, 0) is 31.7 Å². The number of hydrogen-bond acceptors (Lipinski definition) is 5. The number of carbonyl (C=O) groups excluding carboxylic acids is 3. The van der Waals surface area contributed by atoms with Crippen LogP contribution < -0.4 is 11.1 Å². The van der Waals surface area contributed by atoms with Gasteiger partial charge in [0.25, 0.3) is 0 Å². The van der Waals surface area contributed by atoms with E-state index in [2.05, 4.69) is 5.32 Å². The fraction of sp³-hybridized carbons (Fsp3) is 0.640. The average Bonchev–Trinajstić information content (AvgIpc) is 3.31. The average molecular weight is 500 g/mol. The summed E-state index contributed by atoms with van der Waals surface area (Å²) < 4.78 is 43.6. The molecule has 1 aliphatic rings. The minimum absolute atomic E-state index is 0.0154. The molecule has 1 heterocycles. The summed E-state index contributed by atoms with van der Waals surface area (Å²) in [7, 11) is 0. The number of halogens is 3. The predicted molar refractivity (Wildman–Crippen MR) is 125 cm³/mol. The molecular weight excluding hydrogens is 463 g/mol. The maximum absolute atomic E-state index is 13.4. The van der Waals surface area contributed by atoms with E-state index in [1.54, 1.807) is 0 Å². The van der Waals surface area contributed by atoms with Crippen molar-refractivity contribution in [3.05, 3.63) is 35.4 Å². The molecule has 3 N–H and O–H groups in total. The molecule has 0 bridgehead atoms. The van der Waals surface area contributed by atoms with Crippen LogP contribution >= 0.6 is 0 Å². The number of rotatable bonds is 11. The highest BCUT2D eigenvalue weighted by Crippen LogP contribution is 2.29. The maximum Gasteiger partial charge on any atom is 0.416 e. The molecule has 0 saturated carbocycles. The molecular formula is C25H36F3N3O4. The largest absolute Gasteiger partial charge is 0.464 e. The molecule has 196 valence electrons. The van der Waals surface area contributed by atoms with Crippen molar-refractivity contribution in [3.63, 3.8) is 0 Å². The molecule has 7 nitrogen and oxygen atoms in total. The lowest BCUT2D eigenvalue weighted by molar-refractivity contribution is -0.154. The highest BCUT2D eigenvalue weighted by atomic mass is 19.4. The highest BCUT2D eigenvalue weighted by molar-refractivity contribution is 5.92. The fourth-order valence-electron chi connectivity index (χ4n) is 3.99. The number of unbranched alkanes of at least 4 members (excludes halogenated alkanes) is 1. The van der Waals surface area contributed by atoms with Crippen molar-refractivity contribution in [1.29, 1.82) is 0 Å². The number of nitrogens with zero attached hydrogens (tertiary/aromatic N) is 1. The van der Waals surface area contributed by atoms with E-state index in [0.717, 1.165) is 25.0 Å². The van der Waals surface area contributed by atoms with E-state index in [1.807, 2.05) is 20.8 Å². The Kier molecular flexibility index (Phi) is 10.5. The third-order valence-corrected chi connectivity index (χ3v) is 6.40. The van der Waals surface area contributed by atoms with Crippen molar-refractivity contribution in [2.24, 2.45) is 11.7 Å². The van der Waals surface area contributed by atoms with Gasteiger partial charge in [-0.1, -0.05) is 45.7 Å². The Bertz CT molecular complexity index is 861. The second kappa shape index (κ2) is 12.9. The van der Waals surface area contributed by atoms with Gasteiger partial charge in [-0.05, 0) is 49.3 Å². The Labute approximate surface area is 204 Å². The van der Waals surface area contributed by atoms with Crippen LogP contribution in [0.2, 0.25) is 0 Å². The lowest BCUT2D eigenvalue weighted by atomic mass is 9.96. The lowest BCUT2D eigenvalue weighted by Crippen LogP contribution is -2.57. The minimum Gasteiger partial charge on any atom is -0.464 e. The number of ether oxygens (including phenoxy) is 1. The van der Waals surface area contributed by atoms with Gasteiger partial charge in [-0.3, -0.25) is 9.59 Å². The summed E-state index contributed by atoms with van der Waals surface area (Å²) in [6.07, 6.45) is -1.03. The first kappa shape index (κ1) is 28.6. The van der Waals surface area contributed by atoms with Crippen LogP contribution in [0.5, 0.6) is 0 Å².